The number of carbonyl (C=O) groups is 1. The van der Waals surface area contributed by atoms with Gasteiger partial charge in [0.2, 0.25) is 0 Å². The van der Waals surface area contributed by atoms with Gasteiger partial charge >= 0.3 is 0 Å². The number of halogens is 1. The highest BCUT2D eigenvalue weighted by Gasteiger charge is 2.23. The number of aromatic nitrogens is 2. The Morgan fingerprint density at radius 2 is 1.91 bits per heavy atom. The molecule has 1 aliphatic heterocycles. The summed E-state index contributed by atoms with van der Waals surface area (Å²) < 4.78 is 12.9. The Balaban J connectivity index is 1.55. The van der Waals surface area contributed by atoms with E-state index in [1.807, 2.05) is 11.0 Å². The largest absolute Gasteiger partial charge is 0.367 e. The van der Waals surface area contributed by atoms with Crippen molar-refractivity contribution in [2.45, 2.75) is 18.9 Å². The third-order valence-electron chi connectivity index (χ3n) is 3.81. The van der Waals surface area contributed by atoms with Crippen LogP contribution in [0.4, 0.5) is 10.2 Å². The molecule has 1 aromatic heterocycles. The second kappa shape index (κ2) is 6.51. The number of likely N-dealkylation sites (tertiary alicyclic amines) is 1. The van der Waals surface area contributed by atoms with Crippen LogP contribution in [0.2, 0.25) is 0 Å². The van der Waals surface area contributed by atoms with E-state index >= 15 is 0 Å². The third-order valence-corrected chi connectivity index (χ3v) is 3.81. The Morgan fingerprint density at radius 3 is 2.55 bits per heavy atom. The predicted octanol–water partition coefficient (Wildman–Crippen LogP) is 2.33. The SMILES string of the molecule is O=C(c1ccc(F)cc1)N1CCC(Nc2ccncn2)CC1. The number of piperidine rings is 1. The van der Waals surface area contributed by atoms with Crippen molar-refractivity contribution in [2.24, 2.45) is 0 Å². The van der Waals surface area contributed by atoms with Crippen LogP contribution in [0.3, 0.4) is 0 Å². The van der Waals surface area contributed by atoms with Crippen LogP contribution >= 0.6 is 0 Å². The zero-order valence-corrected chi connectivity index (χ0v) is 12.1. The highest BCUT2D eigenvalue weighted by Crippen LogP contribution is 2.17. The first kappa shape index (κ1) is 14.4. The molecular formula is C16H17FN4O. The summed E-state index contributed by atoms with van der Waals surface area (Å²) in [7, 11) is 0. The fraction of sp³-hybridized carbons (Fsp3) is 0.312. The molecule has 0 unspecified atom stereocenters. The van der Waals surface area contributed by atoms with Crippen LogP contribution in [0.15, 0.2) is 42.9 Å². The van der Waals surface area contributed by atoms with Gasteiger partial charge < -0.3 is 10.2 Å². The summed E-state index contributed by atoms with van der Waals surface area (Å²) in [6, 6.07) is 7.82. The molecule has 0 bridgehead atoms. The lowest BCUT2D eigenvalue weighted by atomic mass is 10.0. The normalized spacial score (nSPS) is 15.6. The molecule has 0 aliphatic carbocycles. The molecule has 114 valence electrons. The monoisotopic (exact) mass is 300 g/mol. The summed E-state index contributed by atoms with van der Waals surface area (Å²) in [5.74, 6) is 0.433. The second-order valence-corrected chi connectivity index (χ2v) is 5.31. The smallest absolute Gasteiger partial charge is 0.253 e. The van der Waals surface area contributed by atoms with Crippen molar-refractivity contribution < 1.29 is 9.18 Å². The third kappa shape index (κ3) is 3.39. The van der Waals surface area contributed by atoms with E-state index in [9.17, 15) is 9.18 Å². The van der Waals surface area contributed by atoms with E-state index in [1.54, 1.807) is 6.20 Å². The highest BCUT2D eigenvalue weighted by atomic mass is 19.1. The minimum Gasteiger partial charge on any atom is -0.367 e. The topological polar surface area (TPSA) is 58.1 Å². The number of nitrogens with zero attached hydrogens (tertiary/aromatic N) is 3. The van der Waals surface area contributed by atoms with Crippen LogP contribution in [-0.4, -0.2) is 39.9 Å². The van der Waals surface area contributed by atoms with Gasteiger partial charge in [-0.15, -0.1) is 0 Å². The van der Waals surface area contributed by atoms with Crippen LogP contribution in [-0.2, 0) is 0 Å². The maximum absolute atomic E-state index is 12.9. The van der Waals surface area contributed by atoms with Crippen molar-refractivity contribution in [2.75, 3.05) is 18.4 Å². The molecule has 1 amide bonds. The zero-order valence-electron chi connectivity index (χ0n) is 12.1. The molecule has 0 saturated carbocycles. The number of hydrogen-bond donors (Lipinski definition) is 1. The molecule has 0 atom stereocenters. The van der Waals surface area contributed by atoms with Crippen LogP contribution in [0.25, 0.3) is 0 Å². The van der Waals surface area contributed by atoms with Gasteiger partial charge in [-0.25, -0.2) is 14.4 Å². The van der Waals surface area contributed by atoms with Gasteiger partial charge in [-0.2, -0.15) is 0 Å². The number of benzene rings is 1. The van der Waals surface area contributed by atoms with Crippen molar-refractivity contribution in [3.63, 3.8) is 0 Å². The molecule has 1 fully saturated rings. The number of rotatable bonds is 3. The van der Waals surface area contributed by atoms with Gasteiger partial charge in [-0.3, -0.25) is 4.79 Å². The molecule has 1 aromatic carbocycles. The molecule has 1 N–H and O–H groups in total. The first-order valence-corrected chi connectivity index (χ1v) is 7.30. The number of anilines is 1. The molecule has 0 radical (unpaired) electrons. The summed E-state index contributed by atoms with van der Waals surface area (Å²) in [5.41, 5.74) is 0.531. The van der Waals surface area contributed by atoms with Crippen LogP contribution in [0.5, 0.6) is 0 Å². The van der Waals surface area contributed by atoms with Crippen LogP contribution in [0.1, 0.15) is 23.2 Å². The molecule has 5 nitrogen and oxygen atoms in total. The molecule has 3 rings (SSSR count). The van der Waals surface area contributed by atoms with Gasteiger partial charge in [0.15, 0.2) is 0 Å². The summed E-state index contributed by atoms with van der Waals surface area (Å²) in [4.78, 5) is 22.2. The van der Waals surface area contributed by atoms with E-state index in [4.69, 9.17) is 0 Å². The van der Waals surface area contributed by atoms with Gasteiger partial charge in [0, 0.05) is 30.9 Å². The predicted molar refractivity (Wildman–Crippen MR) is 81.0 cm³/mol. The fourth-order valence-electron chi connectivity index (χ4n) is 2.59. The van der Waals surface area contributed by atoms with Crippen molar-refractivity contribution in [1.82, 2.24) is 14.9 Å². The Hall–Kier alpha value is -2.50. The summed E-state index contributed by atoms with van der Waals surface area (Å²) in [6.07, 6.45) is 4.92. The molecular weight excluding hydrogens is 283 g/mol. The van der Waals surface area contributed by atoms with Gasteiger partial charge in [-0.1, -0.05) is 0 Å². The maximum Gasteiger partial charge on any atom is 0.253 e. The standard InChI is InChI=1S/C16H17FN4O/c17-13-3-1-12(2-4-13)16(22)21-9-6-14(7-10-21)20-15-5-8-18-11-19-15/h1-5,8,11,14H,6-7,9-10H2,(H,18,19,20). The van der Waals surface area contributed by atoms with E-state index in [2.05, 4.69) is 15.3 Å². The quantitative estimate of drug-likeness (QED) is 0.945. The summed E-state index contributed by atoms with van der Waals surface area (Å²) in [6.45, 7) is 1.36. The lowest BCUT2D eigenvalue weighted by Crippen LogP contribution is -2.42. The van der Waals surface area contributed by atoms with E-state index in [0.717, 1.165) is 18.7 Å². The van der Waals surface area contributed by atoms with Gasteiger partial charge in [0.25, 0.3) is 5.91 Å². The average Bonchev–Trinajstić information content (AvgIpc) is 2.57. The average molecular weight is 300 g/mol. The molecule has 0 spiro atoms. The number of carbonyl (C=O) groups excluding carboxylic acids is 1. The molecule has 2 heterocycles. The molecule has 22 heavy (non-hydrogen) atoms. The number of nitrogens with one attached hydrogen (secondary N) is 1. The van der Waals surface area contributed by atoms with Crippen LogP contribution < -0.4 is 5.32 Å². The fourth-order valence-corrected chi connectivity index (χ4v) is 2.59. The number of amides is 1. The number of hydrogen-bond acceptors (Lipinski definition) is 4. The maximum atomic E-state index is 12.9. The minimum absolute atomic E-state index is 0.0412. The molecule has 1 saturated heterocycles. The summed E-state index contributed by atoms with van der Waals surface area (Å²) >= 11 is 0. The van der Waals surface area contributed by atoms with Gasteiger partial charge in [-0.05, 0) is 43.2 Å². The first-order chi connectivity index (χ1) is 10.7. The van der Waals surface area contributed by atoms with Crippen LogP contribution in [0, 0.1) is 5.82 Å². The van der Waals surface area contributed by atoms with Gasteiger partial charge in [0.05, 0.1) is 0 Å². The Labute approximate surface area is 128 Å². The van der Waals surface area contributed by atoms with Crippen molar-refractivity contribution in [3.05, 3.63) is 54.2 Å². The highest BCUT2D eigenvalue weighted by molar-refractivity contribution is 5.94. The Bertz CT molecular complexity index is 624. The Morgan fingerprint density at radius 1 is 1.18 bits per heavy atom. The molecule has 6 heteroatoms. The lowest BCUT2D eigenvalue weighted by molar-refractivity contribution is 0.0718. The molecule has 2 aromatic rings. The first-order valence-electron chi connectivity index (χ1n) is 7.30. The molecule has 1 aliphatic rings. The van der Waals surface area contributed by atoms with E-state index < -0.39 is 0 Å². The second-order valence-electron chi connectivity index (χ2n) is 5.31. The van der Waals surface area contributed by atoms with E-state index in [-0.39, 0.29) is 11.7 Å². The lowest BCUT2D eigenvalue weighted by Gasteiger charge is -2.32. The summed E-state index contributed by atoms with van der Waals surface area (Å²) in [5, 5.41) is 3.35. The van der Waals surface area contributed by atoms with Crippen molar-refractivity contribution in [3.8, 4) is 0 Å². The zero-order chi connectivity index (χ0) is 15.4. The van der Waals surface area contributed by atoms with Crippen molar-refractivity contribution in [1.29, 1.82) is 0 Å². The minimum atomic E-state index is -0.329. The van der Waals surface area contributed by atoms with E-state index in [1.165, 1.54) is 30.6 Å². The Kier molecular flexibility index (Phi) is 4.27. The van der Waals surface area contributed by atoms with Gasteiger partial charge in [0.1, 0.15) is 18.0 Å². The van der Waals surface area contributed by atoms with E-state index in [0.29, 0.717) is 24.7 Å². The van der Waals surface area contributed by atoms with Crippen molar-refractivity contribution >= 4 is 11.7 Å².